The van der Waals surface area contributed by atoms with Crippen LogP contribution in [-0.4, -0.2) is 9.97 Å². The minimum atomic E-state index is -0.250. The SMILES string of the molecule is CC(C)(C)c1nc(Cc2ccc(F)cc2)nc(N)c1Br. The van der Waals surface area contributed by atoms with Gasteiger partial charge in [0.1, 0.15) is 17.5 Å². The van der Waals surface area contributed by atoms with Crippen LogP contribution in [0.1, 0.15) is 37.9 Å². The minimum Gasteiger partial charge on any atom is -0.383 e. The van der Waals surface area contributed by atoms with Crippen LogP contribution >= 0.6 is 15.9 Å². The zero-order chi connectivity index (χ0) is 14.9. The van der Waals surface area contributed by atoms with E-state index in [0.717, 1.165) is 15.7 Å². The van der Waals surface area contributed by atoms with Gasteiger partial charge in [0, 0.05) is 11.8 Å². The van der Waals surface area contributed by atoms with Crippen LogP contribution in [0.2, 0.25) is 0 Å². The van der Waals surface area contributed by atoms with Crippen LogP contribution in [0.25, 0.3) is 0 Å². The molecule has 3 nitrogen and oxygen atoms in total. The van der Waals surface area contributed by atoms with Crippen molar-refractivity contribution in [2.45, 2.75) is 32.6 Å². The van der Waals surface area contributed by atoms with Gasteiger partial charge in [-0.25, -0.2) is 14.4 Å². The maximum absolute atomic E-state index is 12.9. The summed E-state index contributed by atoms with van der Waals surface area (Å²) in [6, 6.07) is 6.33. The summed E-state index contributed by atoms with van der Waals surface area (Å²) < 4.78 is 13.6. The minimum absolute atomic E-state index is 0.132. The molecule has 1 heterocycles. The quantitative estimate of drug-likeness (QED) is 0.905. The second-order valence-electron chi connectivity index (χ2n) is 5.74. The maximum atomic E-state index is 12.9. The highest BCUT2D eigenvalue weighted by atomic mass is 79.9. The third-order valence-corrected chi connectivity index (χ3v) is 3.69. The van der Waals surface area contributed by atoms with E-state index in [1.165, 1.54) is 12.1 Å². The summed E-state index contributed by atoms with van der Waals surface area (Å²) in [5, 5.41) is 0. The fourth-order valence-electron chi connectivity index (χ4n) is 1.87. The molecule has 106 valence electrons. The molecule has 0 saturated heterocycles. The predicted molar refractivity (Wildman–Crippen MR) is 82.1 cm³/mol. The molecule has 2 N–H and O–H groups in total. The Labute approximate surface area is 126 Å². The molecule has 2 aromatic rings. The zero-order valence-corrected chi connectivity index (χ0v) is 13.3. The van der Waals surface area contributed by atoms with Crippen molar-refractivity contribution in [2.75, 3.05) is 5.73 Å². The summed E-state index contributed by atoms with van der Waals surface area (Å²) in [6.45, 7) is 6.21. The molecule has 0 unspecified atom stereocenters. The monoisotopic (exact) mass is 337 g/mol. The van der Waals surface area contributed by atoms with E-state index in [1.807, 2.05) is 0 Å². The summed E-state index contributed by atoms with van der Waals surface area (Å²) in [6.07, 6.45) is 0.529. The summed E-state index contributed by atoms with van der Waals surface area (Å²) in [7, 11) is 0. The van der Waals surface area contributed by atoms with Gasteiger partial charge >= 0.3 is 0 Å². The summed E-state index contributed by atoms with van der Waals surface area (Å²) >= 11 is 3.45. The first-order chi connectivity index (χ1) is 9.27. The molecule has 1 aromatic heterocycles. The van der Waals surface area contributed by atoms with Crippen molar-refractivity contribution in [3.05, 3.63) is 51.6 Å². The van der Waals surface area contributed by atoms with E-state index in [9.17, 15) is 4.39 Å². The van der Waals surface area contributed by atoms with Gasteiger partial charge in [0.25, 0.3) is 0 Å². The van der Waals surface area contributed by atoms with Crippen LogP contribution in [0.4, 0.5) is 10.2 Å². The number of nitrogens with two attached hydrogens (primary N) is 1. The number of aromatic nitrogens is 2. The number of hydrogen-bond donors (Lipinski definition) is 1. The van der Waals surface area contributed by atoms with Gasteiger partial charge < -0.3 is 5.73 Å². The largest absolute Gasteiger partial charge is 0.383 e. The second kappa shape index (κ2) is 5.48. The summed E-state index contributed by atoms with van der Waals surface area (Å²) in [5.41, 5.74) is 7.64. The van der Waals surface area contributed by atoms with Crippen molar-refractivity contribution in [3.63, 3.8) is 0 Å². The Morgan fingerprint density at radius 3 is 2.30 bits per heavy atom. The molecular formula is C15H17BrFN3. The molecule has 0 aliphatic carbocycles. The second-order valence-corrected chi connectivity index (χ2v) is 6.53. The van der Waals surface area contributed by atoms with E-state index in [-0.39, 0.29) is 11.2 Å². The zero-order valence-electron chi connectivity index (χ0n) is 11.7. The Morgan fingerprint density at radius 2 is 1.75 bits per heavy atom. The van der Waals surface area contributed by atoms with E-state index in [4.69, 9.17) is 5.73 Å². The molecule has 0 spiro atoms. The van der Waals surface area contributed by atoms with E-state index in [1.54, 1.807) is 12.1 Å². The van der Waals surface area contributed by atoms with Crippen LogP contribution in [-0.2, 0) is 11.8 Å². The van der Waals surface area contributed by atoms with Crippen LogP contribution in [0.5, 0.6) is 0 Å². The Kier molecular flexibility index (Phi) is 4.09. The first kappa shape index (κ1) is 14.9. The van der Waals surface area contributed by atoms with Crippen LogP contribution in [0, 0.1) is 5.82 Å². The Bertz CT molecular complexity index is 618. The number of anilines is 1. The molecule has 0 radical (unpaired) electrons. The lowest BCUT2D eigenvalue weighted by molar-refractivity contribution is 0.560. The fraction of sp³-hybridized carbons (Fsp3) is 0.333. The van der Waals surface area contributed by atoms with Crippen molar-refractivity contribution in [1.29, 1.82) is 0 Å². The van der Waals surface area contributed by atoms with E-state index < -0.39 is 0 Å². The molecule has 0 saturated carbocycles. The average Bonchev–Trinajstić information content (AvgIpc) is 2.35. The normalized spacial score (nSPS) is 11.7. The molecule has 0 amide bonds. The maximum Gasteiger partial charge on any atom is 0.141 e. The number of hydrogen-bond acceptors (Lipinski definition) is 3. The lowest BCUT2D eigenvalue weighted by Gasteiger charge is -2.20. The first-order valence-corrected chi connectivity index (χ1v) is 7.13. The van der Waals surface area contributed by atoms with Crippen LogP contribution in [0.15, 0.2) is 28.7 Å². The van der Waals surface area contributed by atoms with Crippen LogP contribution < -0.4 is 5.73 Å². The van der Waals surface area contributed by atoms with Gasteiger partial charge in [0.2, 0.25) is 0 Å². The lowest BCUT2D eigenvalue weighted by atomic mass is 9.92. The third kappa shape index (κ3) is 3.33. The van der Waals surface area contributed by atoms with Gasteiger partial charge in [-0.05, 0) is 33.6 Å². The first-order valence-electron chi connectivity index (χ1n) is 6.34. The van der Waals surface area contributed by atoms with Crippen molar-refractivity contribution in [1.82, 2.24) is 9.97 Å². The highest BCUT2D eigenvalue weighted by molar-refractivity contribution is 9.10. The topological polar surface area (TPSA) is 51.8 Å². The van der Waals surface area contributed by atoms with E-state index in [0.29, 0.717) is 18.1 Å². The van der Waals surface area contributed by atoms with Gasteiger partial charge in [-0.3, -0.25) is 0 Å². The van der Waals surface area contributed by atoms with Crippen molar-refractivity contribution >= 4 is 21.7 Å². The molecular weight excluding hydrogens is 321 g/mol. The lowest BCUT2D eigenvalue weighted by Crippen LogP contribution is -2.18. The highest BCUT2D eigenvalue weighted by Gasteiger charge is 2.22. The molecule has 0 fully saturated rings. The third-order valence-electron chi connectivity index (χ3n) is 2.91. The number of nitrogens with zero attached hydrogens (tertiary/aromatic N) is 2. The Hall–Kier alpha value is -1.49. The molecule has 2 rings (SSSR count). The van der Waals surface area contributed by atoms with Gasteiger partial charge in [-0.1, -0.05) is 32.9 Å². The molecule has 1 aromatic carbocycles. The Morgan fingerprint density at radius 1 is 1.15 bits per heavy atom. The number of nitrogen functional groups attached to an aromatic ring is 1. The molecule has 0 atom stereocenters. The fourth-order valence-corrected chi connectivity index (χ4v) is 2.65. The van der Waals surface area contributed by atoms with Crippen molar-refractivity contribution < 1.29 is 4.39 Å². The molecule has 20 heavy (non-hydrogen) atoms. The molecule has 0 aliphatic rings. The number of halogens is 2. The van der Waals surface area contributed by atoms with Crippen LogP contribution in [0.3, 0.4) is 0 Å². The number of rotatable bonds is 2. The number of benzene rings is 1. The van der Waals surface area contributed by atoms with Gasteiger partial charge in [-0.15, -0.1) is 0 Å². The Balaban J connectivity index is 2.38. The molecule has 0 bridgehead atoms. The van der Waals surface area contributed by atoms with Gasteiger partial charge in [-0.2, -0.15) is 0 Å². The molecule has 5 heteroatoms. The predicted octanol–water partition coefficient (Wildman–Crippen LogP) is 3.85. The van der Waals surface area contributed by atoms with Crippen molar-refractivity contribution in [3.8, 4) is 0 Å². The van der Waals surface area contributed by atoms with E-state index >= 15 is 0 Å². The van der Waals surface area contributed by atoms with E-state index in [2.05, 4.69) is 46.7 Å². The smallest absolute Gasteiger partial charge is 0.141 e. The molecule has 0 aliphatic heterocycles. The summed E-state index contributed by atoms with van der Waals surface area (Å²) in [4.78, 5) is 8.88. The van der Waals surface area contributed by atoms with Gasteiger partial charge in [0.15, 0.2) is 0 Å². The highest BCUT2D eigenvalue weighted by Crippen LogP contribution is 2.31. The van der Waals surface area contributed by atoms with Gasteiger partial charge in [0.05, 0.1) is 10.2 Å². The van der Waals surface area contributed by atoms with Crippen molar-refractivity contribution in [2.24, 2.45) is 0 Å². The standard InChI is InChI=1S/C15H17BrFN3/c1-15(2,3)13-12(16)14(18)20-11(19-13)8-9-4-6-10(17)7-5-9/h4-7H,8H2,1-3H3,(H2,18,19,20). The summed E-state index contributed by atoms with van der Waals surface area (Å²) in [5.74, 6) is 0.824. The average molecular weight is 338 g/mol.